The molecule has 1 heterocycles. The van der Waals surface area contributed by atoms with E-state index >= 15 is 0 Å². The SMILES string of the molecule is CCOc1cc(/C=C2\SC(=S)N(c3ccccc3C)C2=O)cc(Br)c1OCc1ccc(F)cc1. The zero-order valence-electron chi connectivity index (χ0n) is 18.5. The molecule has 0 aliphatic carbocycles. The van der Waals surface area contributed by atoms with Crippen molar-refractivity contribution in [2.45, 2.75) is 20.5 Å². The van der Waals surface area contributed by atoms with Crippen molar-refractivity contribution in [3.8, 4) is 11.5 Å². The van der Waals surface area contributed by atoms with E-state index < -0.39 is 0 Å². The number of thioether (sulfide) groups is 1. The monoisotopic (exact) mass is 557 g/mol. The number of benzene rings is 3. The molecule has 4 nitrogen and oxygen atoms in total. The highest BCUT2D eigenvalue weighted by Crippen LogP contribution is 2.41. The number of halogens is 2. The molecule has 0 N–H and O–H groups in total. The fraction of sp³-hybridized carbons (Fsp3) is 0.154. The number of thiocarbonyl (C=S) groups is 1. The Morgan fingerprint density at radius 1 is 1.12 bits per heavy atom. The normalized spacial score (nSPS) is 14.7. The van der Waals surface area contributed by atoms with Crippen molar-refractivity contribution in [2.24, 2.45) is 0 Å². The first-order chi connectivity index (χ1) is 16.4. The summed E-state index contributed by atoms with van der Waals surface area (Å²) in [6.45, 7) is 4.54. The van der Waals surface area contributed by atoms with E-state index in [0.29, 0.717) is 31.8 Å². The minimum absolute atomic E-state index is 0.157. The van der Waals surface area contributed by atoms with Crippen LogP contribution in [-0.4, -0.2) is 16.8 Å². The second kappa shape index (κ2) is 10.7. The third-order valence-corrected chi connectivity index (χ3v) is 6.97. The molecule has 8 heteroatoms. The maximum Gasteiger partial charge on any atom is 0.270 e. The van der Waals surface area contributed by atoms with E-state index in [1.54, 1.807) is 23.1 Å². The lowest BCUT2D eigenvalue weighted by atomic mass is 10.1. The number of carbonyl (C=O) groups excluding carboxylic acids is 1. The Hall–Kier alpha value is -2.68. The van der Waals surface area contributed by atoms with E-state index in [4.69, 9.17) is 21.7 Å². The first kappa shape index (κ1) is 24.4. The Kier molecular flexibility index (Phi) is 7.70. The lowest BCUT2D eigenvalue weighted by Gasteiger charge is -2.17. The second-order valence-electron chi connectivity index (χ2n) is 7.48. The smallest absolute Gasteiger partial charge is 0.270 e. The van der Waals surface area contributed by atoms with E-state index in [2.05, 4.69) is 15.9 Å². The Balaban J connectivity index is 1.60. The summed E-state index contributed by atoms with van der Waals surface area (Å²) in [5.74, 6) is 0.627. The summed E-state index contributed by atoms with van der Waals surface area (Å²) in [5, 5.41) is 0. The van der Waals surface area contributed by atoms with Gasteiger partial charge in [0.2, 0.25) is 0 Å². The van der Waals surface area contributed by atoms with Gasteiger partial charge in [0.05, 0.1) is 21.7 Å². The lowest BCUT2D eigenvalue weighted by Crippen LogP contribution is -2.28. The van der Waals surface area contributed by atoms with Crippen molar-refractivity contribution < 1.29 is 18.7 Å². The van der Waals surface area contributed by atoms with Crippen molar-refractivity contribution in [1.82, 2.24) is 0 Å². The molecule has 0 bridgehead atoms. The highest BCUT2D eigenvalue weighted by Gasteiger charge is 2.34. The van der Waals surface area contributed by atoms with Crippen LogP contribution in [0, 0.1) is 12.7 Å². The Labute approximate surface area is 215 Å². The Bertz CT molecular complexity index is 1280. The number of anilines is 1. The van der Waals surface area contributed by atoms with Crippen molar-refractivity contribution >= 4 is 61.9 Å². The molecule has 3 aromatic carbocycles. The van der Waals surface area contributed by atoms with Gasteiger partial charge in [-0.2, -0.15) is 0 Å². The van der Waals surface area contributed by atoms with Gasteiger partial charge in [-0.3, -0.25) is 9.69 Å². The molecule has 0 atom stereocenters. The quantitative estimate of drug-likeness (QED) is 0.225. The third-order valence-electron chi connectivity index (χ3n) is 5.08. The molecule has 174 valence electrons. The van der Waals surface area contributed by atoms with Crippen LogP contribution < -0.4 is 14.4 Å². The van der Waals surface area contributed by atoms with Gasteiger partial charge in [-0.15, -0.1) is 0 Å². The number of hydrogen-bond donors (Lipinski definition) is 0. The maximum absolute atomic E-state index is 13.2. The van der Waals surface area contributed by atoms with Crippen LogP contribution in [0.2, 0.25) is 0 Å². The molecule has 34 heavy (non-hydrogen) atoms. The Morgan fingerprint density at radius 2 is 1.85 bits per heavy atom. The molecule has 0 aromatic heterocycles. The van der Waals surface area contributed by atoms with Gasteiger partial charge < -0.3 is 9.47 Å². The van der Waals surface area contributed by atoms with Crippen LogP contribution in [-0.2, 0) is 11.4 Å². The maximum atomic E-state index is 13.2. The van der Waals surface area contributed by atoms with Crippen molar-refractivity contribution in [2.75, 3.05) is 11.5 Å². The summed E-state index contributed by atoms with van der Waals surface area (Å²) in [6, 6.07) is 17.5. The fourth-order valence-corrected chi connectivity index (χ4v) is 5.31. The fourth-order valence-electron chi connectivity index (χ4n) is 3.45. The topological polar surface area (TPSA) is 38.8 Å². The third kappa shape index (κ3) is 5.35. The summed E-state index contributed by atoms with van der Waals surface area (Å²) >= 11 is 10.3. The molecule has 1 aliphatic rings. The van der Waals surface area contributed by atoms with Crippen LogP contribution in [0.5, 0.6) is 11.5 Å². The molecule has 0 spiro atoms. The van der Waals surface area contributed by atoms with E-state index in [1.165, 1.54) is 23.9 Å². The van der Waals surface area contributed by atoms with Crippen molar-refractivity contribution in [1.29, 1.82) is 0 Å². The van der Waals surface area contributed by atoms with Gasteiger partial charge in [0, 0.05) is 0 Å². The number of rotatable bonds is 7. The van der Waals surface area contributed by atoms with Crippen molar-refractivity contribution in [3.63, 3.8) is 0 Å². The van der Waals surface area contributed by atoms with Crippen molar-refractivity contribution in [3.05, 3.63) is 92.5 Å². The summed E-state index contributed by atoms with van der Waals surface area (Å²) < 4.78 is 26.1. The number of hydrogen-bond acceptors (Lipinski definition) is 5. The van der Waals surface area contributed by atoms with Gasteiger partial charge in [0.25, 0.3) is 5.91 Å². The van der Waals surface area contributed by atoms with E-state index in [9.17, 15) is 9.18 Å². The summed E-state index contributed by atoms with van der Waals surface area (Å²) in [6.07, 6.45) is 1.80. The van der Waals surface area contributed by atoms with Crippen LogP contribution in [0.4, 0.5) is 10.1 Å². The first-order valence-corrected chi connectivity index (χ1v) is 12.6. The van der Waals surface area contributed by atoms with Gasteiger partial charge in [0.1, 0.15) is 12.4 Å². The summed E-state index contributed by atoms with van der Waals surface area (Å²) in [4.78, 5) is 15.3. The molecule has 0 radical (unpaired) electrons. The lowest BCUT2D eigenvalue weighted by molar-refractivity contribution is -0.113. The zero-order chi connectivity index (χ0) is 24.2. The minimum Gasteiger partial charge on any atom is -0.490 e. The number of carbonyl (C=O) groups is 1. The molecule has 1 amide bonds. The van der Waals surface area contributed by atoms with Gasteiger partial charge in [-0.1, -0.05) is 54.3 Å². The van der Waals surface area contributed by atoms with E-state index in [1.807, 2.05) is 50.2 Å². The van der Waals surface area contributed by atoms with E-state index in [-0.39, 0.29) is 18.3 Å². The summed E-state index contributed by atoms with van der Waals surface area (Å²) in [5.41, 5.74) is 3.37. The molecular weight excluding hydrogens is 537 g/mol. The molecule has 1 saturated heterocycles. The molecule has 1 fully saturated rings. The standard InChI is InChI=1S/C26H21BrFNO3S2/c1-3-31-22-13-18(12-20(27)24(22)32-15-17-8-10-19(28)11-9-17)14-23-25(30)29(26(33)34-23)21-7-5-4-6-16(21)2/h4-14H,3,15H2,1-2H3/b23-14-. The average Bonchev–Trinajstić information content (AvgIpc) is 3.07. The molecule has 0 unspecified atom stereocenters. The van der Waals surface area contributed by atoms with Crippen LogP contribution in [0.1, 0.15) is 23.6 Å². The minimum atomic E-state index is -0.294. The van der Waals surface area contributed by atoms with Crippen LogP contribution in [0.3, 0.4) is 0 Å². The van der Waals surface area contributed by atoms with Gasteiger partial charge >= 0.3 is 0 Å². The van der Waals surface area contributed by atoms with Crippen LogP contribution in [0.15, 0.2) is 70.0 Å². The number of aryl methyl sites for hydroxylation is 1. The molecule has 0 saturated carbocycles. The summed E-state index contributed by atoms with van der Waals surface area (Å²) in [7, 11) is 0. The molecule has 4 rings (SSSR count). The zero-order valence-corrected chi connectivity index (χ0v) is 21.7. The predicted molar refractivity (Wildman–Crippen MR) is 143 cm³/mol. The highest BCUT2D eigenvalue weighted by atomic mass is 79.9. The molecular formula is C26H21BrFNO3S2. The average molecular weight is 558 g/mol. The predicted octanol–water partition coefficient (Wildman–Crippen LogP) is 7.28. The van der Waals surface area contributed by atoms with Crippen LogP contribution >= 0.6 is 39.9 Å². The number of ether oxygens (including phenoxy) is 2. The first-order valence-electron chi connectivity index (χ1n) is 10.5. The Morgan fingerprint density at radius 3 is 2.56 bits per heavy atom. The van der Waals surface area contributed by atoms with Gasteiger partial charge in [-0.25, -0.2) is 4.39 Å². The number of amides is 1. The van der Waals surface area contributed by atoms with Gasteiger partial charge in [-0.05, 0) is 82.9 Å². The number of nitrogens with zero attached hydrogens (tertiary/aromatic N) is 1. The number of para-hydroxylation sites is 1. The van der Waals surface area contributed by atoms with E-state index in [0.717, 1.165) is 22.4 Å². The molecule has 3 aromatic rings. The van der Waals surface area contributed by atoms with Gasteiger partial charge in [0.15, 0.2) is 15.8 Å². The second-order valence-corrected chi connectivity index (χ2v) is 10.0. The van der Waals surface area contributed by atoms with Crippen LogP contribution in [0.25, 0.3) is 6.08 Å². The highest BCUT2D eigenvalue weighted by molar-refractivity contribution is 9.10. The molecule has 1 aliphatic heterocycles. The largest absolute Gasteiger partial charge is 0.490 e.